The van der Waals surface area contributed by atoms with Gasteiger partial charge in [-0.25, -0.2) is 4.98 Å². The van der Waals surface area contributed by atoms with Crippen LogP contribution in [-0.2, 0) is 13.0 Å². The zero-order chi connectivity index (χ0) is 14.4. The molecule has 112 valence electrons. The minimum atomic E-state index is 0.908. The predicted molar refractivity (Wildman–Crippen MR) is 86.2 cm³/mol. The molecule has 3 heteroatoms. The summed E-state index contributed by atoms with van der Waals surface area (Å²) in [6.45, 7) is 10.9. The van der Waals surface area contributed by atoms with Crippen LogP contribution in [0.15, 0.2) is 12.1 Å². The summed E-state index contributed by atoms with van der Waals surface area (Å²) in [6.07, 6.45) is 5.00. The maximum atomic E-state index is 4.86. The van der Waals surface area contributed by atoms with Gasteiger partial charge in [0.25, 0.3) is 0 Å². The van der Waals surface area contributed by atoms with E-state index in [2.05, 4.69) is 43.1 Å². The maximum absolute atomic E-state index is 4.86. The van der Waals surface area contributed by atoms with Gasteiger partial charge in [-0.3, -0.25) is 0 Å². The van der Waals surface area contributed by atoms with Gasteiger partial charge in [-0.2, -0.15) is 0 Å². The number of hydrogen-bond acceptors (Lipinski definition) is 3. The Morgan fingerprint density at radius 3 is 2.65 bits per heavy atom. The fourth-order valence-corrected chi connectivity index (χ4v) is 2.53. The molecule has 3 nitrogen and oxygen atoms in total. The molecular formula is C17H29N3. The lowest BCUT2D eigenvalue weighted by Gasteiger charge is -2.24. The van der Waals surface area contributed by atoms with Crippen molar-refractivity contribution in [2.45, 2.75) is 53.0 Å². The lowest BCUT2D eigenvalue weighted by Crippen LogP contribution is -2.28. The SMILES string of the molecule is CCCN(CC1CC1)c1cc(CNCC)cc(CC)n1. The summed E-state index contributed by atoms with van der Waals surface area (Å²) in [6, 6.07) is 4.52. The van der Waals surface area contributed by atoms with Gasteiger partial charge in [0.2, 0.25) is 0 Å². The third kappa shape index (κ3) is 4.48. The van der Waals surface area contributed by atoms with E-state index in [-0.39, 0.29) is 0 Å². The van der Waals surface area contributed by atoms with Crippen molar-refractivity contribution in [1.29, 1.82) is 0 Å². The number of anilines is 1. The van der Waals surface area contributed by atoms with Crippen molar-refractivity contribution in [3.63, 3.8) is 0 Å². The number of nitrogens with one attached hydrogen (secondary N) is 1. The van der Waals surface area contributed by atoms with Crippen LogP contribution in [0.1, 0.15) is 51.3 Å². The van der Waals surface area contributed by atoms with Gasteiger partial charge in [0.15, 0.2) is 0 Å². The quantitative estimate of drug-likeness (QED) is 0.749. The second-order valence-corrected chi connectivity index (χ2v) is 5.85. The second kappa shape index (κ2) is 7.63. The number of hydrogen-bond donors (Lipinski definition) is 1. The first-order valence-electron chi connectivity index (χ1n) is 8.22. The molecule has 1 fully saturated rings. The number of rotatable bonds is 9. The van der Waals surface area contributed by atoms with Gasteiger partial charge in [0.1, 0.15) is 5.82 Å². The molecule has 0 radical (unpaired) electrons. The first-order valence-corrected chi connectivity index (χ1v) is 8.22. The van der Waals surface area contributed by atoms with Crippen molar-refractivity contribution in [3.05, 3.63) is 23.4 Å². The van der Waals surface area contributed by atoms with Gasteiger partial charge < -0.3 is 10.2 Å². The smallest absolute Gasteiger partial charge is 0.129 e. The molecule has 1 heterocycles. The van der Waals surface area contributed by atoms with Crippen LogP contribution >= 0.6 is 0 Å². The second-order valence-electron chi connectivity index (χ2n) is 5.85. The van der Waals surface area contributed by atoms with Gasteiger partial charge >= 0.3 is 0 Å². The molecule has 0 bridgehead atoms. The molecule has 0 aromatic carbocycles. The number of aryl methyl sites for hydroxylation is 1. The predicted octanol–water partition coefficient (Wildman–Crippen LogP) is 3.38. The lowest BCUT2D eigenvalue weighted by atomic mass is 10.1. The van der Waals surface area contributed by atoms with Gasteiger partial charge in [0.05, 0.1) is 0 Å². The van der Waals surface area contributed by atoms with Crippen LogP contribution in [0.2, 0.25) is 0 Å². The zero-order valence-electron chi connectivity index (χ0n) is 13.3. The molecule has 20 heavy (non-hydrogen) atoms. The van der Waals surface area contributed by atoms with Crippen molar-refractivity contribution < 1.29 is 0 Å². The van der Waals surface area contributed by atoms with Crippen LogP contribution in [0.3, 0.4) is 0 Å². The van der Waals surface area contributed by atoms with Gasteiger partial charge in [-0.15, -0.1) is 0 Å². The minimum absolute atomic E-state index is 0.908. The molecule has 1 aromatic heterocycles. The van der Waals surface area contributed by atoms with Gasteiger partial charge in [-0.05, 0) is 55.8 Å². The summed E-state index contributed by atoms with van der Waals surface area (Å²) in [4.78, 5) is 7.35. The Bertz CT molecular complexity index is 413. The summed E-state index contributed by atoms with van der Waals surface area (Å²) in [5.74, 6) is 2.09. The molecule has 0 amide bonds. The van der Waals surface area contributed by atoms with Crippen molar-refractivity contribution in [1.82, 2.24) is 10.3 Å². The van der Waals surface area contributed by atoms with Crippen LogP contribution in [0.4, 0.5) is 5.82 Å². The van der Waals surface area contributed by atoms with Crippen molar-refractivity contribution in [2.24, 2.45) is 5.92 Å². The third-order valence-electron chi connectivity index (χ3n) is 3.86. The van der Waals surface area contributed by atoms with Crippen LogP contribution < -0.4 is 10.2 Å². The van der Waals surface area contributed by atoms with E-state index in [1.54, 1.807) is 0 Å². The van der Waals surface area contributed by atoms with Crippen LogP contribution in [0, 0.1) is 5.92 Å². The topological polar surface area (TPSA) is 28.2 Å². The monoisotopic (exact) mass is 275 g/mol. The molecular weight excluding hydrogens is 246 g/mol. The van der Waals surface area contributed by atoms with E-state index in [0.29, 0.717) is 0 Å². The molecule has 1 saturated carbocycles. The standard InChI is InChI=1S/C17H29N3/c1-4-9-20(13-14-7-8-14)17-11-15(12-18-6-3)10-16(5-2)19-17/h10-11,14,18H,4-9,12-13H2,1-3H3. The number of aromatic nitrogens is 1. The molecule has 0 aliphatic heterocycles. The van der Waals surface area contributed by atoms with Crippen molar-refractivity contribution in [2.75, 3.05) is 24.5 Å². The third-order valence-corrected chi connectivity index (χ3v) is 3.86. The van der Waals surface area contributed by atoms with Crippen LogP contribution in [-0.4, -0.2) is 24.6 Å². The van der Waals surface area contributed by atoms with E-state index < -0.39 is 0 Å². The van der Waals surface area contributed by atoms with Gasteiger partial charge in [0, 0.05) is 25.3 Å². The highest BCUT2D eigenvalue weighted by atomic mass is 15.2. The van der Waals surface area contributed by atoms with E-state index in [9.17, 15) is 0 Å². The molecule has 1 aliphatic carbocycles. The Hall–Kier alpha value is -1.09. The van der Waals surface area contributed by atoms with E-state index in [0.717, 1.165) is 32.0 Å². The Morgan fingerprint density at radius 2 is 2.05 bits per heavy atom. The molecule has 2 rings (SSSR count). The molecule has 1 aliphatic rings. The maximum Gasteiger partial charge on any atom is 0.129 e. The Balaban J connectivity index is 2.16. The van der Waals surface area contributed by atoms with E-state index in [4.69, 9.17) is 4.98 Å². The highest BCUT2D eigenvalue weighted by Crippen LogP contribution is 2.31. The summed E-state index contributed by atoms with van der Waals surface area (Å²) >= 11 is 0. The first-order chi connectivity index (χ1) is 9.76. The average Bonchev–Trinajstić information content (AvgIpc) is 3.28. The molecule has 0 unspecified atom stereocenters. The largest absolute Gasteiger partial charge is 0.356 e. The molecule has 0 saturated heterocycles. The highest BCUT2D eigenvalue weighted by molar-refractivity contribution is 5.43. The number of nitrogens with zero attached hydrogens (tertiary/aromatic N) is 2. The Labute approximate surface area is 123 Å². The molecule has 1 N–H and O–H groups in total. The van der Waals surface area contributed by atoms with E-state index >= 15 is 0 Å². The van der Waals surface area contributed by atoms with Crippen molar-refractivity contribution >= 4 is 5.82 Å². The Morgan fingerprint density at radius 1 is 1.25 bits per heavy atom. The summed E-state index contributed by atoms with van der Waals surface area (Å²) in [7, 11) is 0. The summed E-state index contributed by atoms with van der Waals surface area (Å²) in [5.41, 5.74) is 2.58. The Kier molecular flexibility index (Phi) is 5.84. The highest BCUT2D eigenvalue weighted by Gasteiger charge is 2.24. The molecule has 0 atom stereocenters. The van der Waals surface area contributed by atoms with Gasteiger partial charge in [-0.1, -0.05) is 20.8 Å². The fourth-order valence-electron chi connectivity index (χ4n) is 2.53. The first kappa shape index (κ1) is 15.3. The molecule has 1 aromatic rings. The fraction of sp³-hybridized carbons (Fsp3) is 0.706. The zero-order valence-corrected chi connectivity index (χ0v) is 13.3. The lowest BCUT2D eigenvalue weighted by molar-refractivity contribution is 0.691. The average molecular weight is 275 g/mol. The minimum Gasteiger partial charge on any atom is -0.356 e. The van der Waals surface area contributed by atoms with Crippen LogP contribution in [0.5, 0.6) is 0 Å². The normalized spacial score (nSPS) is 14.6. The van der Waals surface area contributed by atoms with Crippen LogP contribution in [0.25, 0.3) is 0 Å². The van der Waals surface area contributed by atoms with Crippen molar-refractivity contribution in [3.8, 4) is 0 Å². The molecule has 0 spiro atoms. The summed E-state index contributed by atoms with van der Waals surface area (Å²) in [5, 5.41) is 3.42. The summed E-state index contributed by atoms with van der Waals surface area (Å²) < 4.78 is 0. The number of pyridine rings is 1. The van der Waals surface area contributed by atoms with E-state index in [1.807, 2.05) is 0 Å². The van der Waals surface area contributed by atoms with E-state index in [1.165, 1.54) is 42.9 Å².